The summed E-state index contributed by atoms with van der Waals surface area (Å²) in [4.78, 5) is 44.3. The molecule has 2 fully saturated rings. The van der Waals surface area contributed by atoms with Crippen molar-refractivity contribution in [2.45, 2.75) is 69.5 Å². The smallest absolute Gasteiger partial charge is 0.301 e. The molecule has 228 valence electrons. The third kappa shape index (κ3) is 4.92. The molecule has 2 heterocycles. The van der Waals surface area contributed by atoms with Crippen molar-refractivity contribution in [3.8, 4) is 0 Å². The first-order valence-electron chi connectivity index (χ1n) is 15.3. The second-order valence-corrected chi connectivity index (χ2v) is 12.5. The number of hydrogen-bond acceptors (Lipinski definition) is 6. The van der Waals surface area contributed by atoms with Crippen LogP contribution in [0.2, 0.25) is 0 Å². The van der Waals surface area contributed by atoms with Gasteiger partial charge in [0.05, 0.1) is 5.41 Å². The molecule has 1 saturated heterocycles. The summed E-state index contributed by atoms with van der Waals surface area (Å²) in [5.74, 6) is 0.952. The Morgan fingerprint density at radius 2 is 1.64 bits per heavy atom. The Hall–Kier alpha value is -4.59. The lowest BCUT2D eigenvalue weighted by atomic mass is 9.66. The number of aromatic nitrogens is 4. The van der Waals surface area contributed by atoms with Crippen LogP contribution in [0.5, 0.6) is 0 Å². The van der Waals surface area contributed by atoms with Gasteiger partial charge in [0.25, 0.3) is 11.8 Å². The van der Waals surface area contributed by atoms with Gasteiger partial charge >= 0.3 is 6.17 Å². The van der Waals surface area contributed by atoms with Gasteiger partial charge in [-0.15, -0.1) is 5.10 Å². The molecule has 2 aliphatic carbocycles. The van der Waals surface area contributed by atoms with Crippen molar-refractivity contribution < 1.29 is 14.4 Å². The Balaban J connectivity index is 1.43. The van der Waals surface area contributed by atoms with Crippen LogP contribution in [0.15, 0.2) is 36.4 Å². The number of rotatable bonds is 8. The minimum Gasteiger partial charge on any atom is -0.355 e. The van der Waals surface area contributed by atoms with Gasteiger partial charge in [-0.25, -0.2) is 11.3 Å². The predicted molar refractivity (Wildman–Crippen MR) is 163 cm³/mol. The summed E-state index contributed by atoms with van der Waals surface area (Å²) in [5, 5.41) is 18.3. The molecule has 0 spiro atoms. The average Bonchev–Trinajstić information content (AvgIpc) is 3.54. The zero-order valence-electron chi connectivity index (χ0n) is 25.6. The first-order chi connectivity index (χ1) is 21.2. The highest BCUT2D eigenvalue weighted by Crippen LogP contribution is 2.50. The topological polar surface area (TPSA) is 126 Å². The summed E-state index contributed by atoms with van der Waals surface area (Å²) in [6, 6.07) is 11.9. The van der Waals surface area contributed by atoms with Gasteiger partial charge < -0.3 is 10.6 Å². The molecule has 3 aromatic rings. The van der Waals surface area contributed by atoms with Crippen LogP contribution in [-0.4, -0.2) is 69.1 Å². The van der Waals surface area contributed by atoms with E-state index in [0.29, 0.717) is 55.0 Å². The Labute approximate surface area is 257 Å². The number of hydrogen-bond donors (Lipinski definition) is 2. The quantitative estimate of drug-likeness (QED) is 0.386. The summed E-state index contributed by atoms with van der Waals surface area (Å²) >= 11 is 0. The Morgan fingerprint density at radius 3 is 2.16 bits per heavy atom. The SMILES string of the molecule is [C-]#[N+][C@@H]1C[C@@H]2C[C@@H]2N1C(=O)CC[C@H](C)CC1(c2nnnn2C)c2ccc(C(=O)NC)cc2CCc2cc(C(=O)NC)ccc21. The normalized spacial score (nSPS) is 21.6. The van der Waals surface area contributed by atoms with Crippen molar-refractivity contribution >= 4 is 17.7 Å². The average molecular weight is 595 g/mol. The number of piperidine rings is 1. The van der Waals surface area contributed by atoms with E-state index in [-0.39, 0.29) is 35.8 Å². The van der Waals surface area contributed by atoms with E-state index in [1.807, 2.05) is 48.3 Å². The number of nitrogens with zero attached hydrogens (tertiary/aromatic N) is 6. The van der Waals surface area contributed by atoms with Crippen molar-refractivity contribution in [1.29, 1.82) is 0 Å². The molecule has 44 heavy (non-hydrogen) atoms. The molecule has 3 amide bonds. The number of benzene rings is 2. The van der Waals surface area contributed by atoms with Gasteiger partial charge in [0.15, 0.2) is 5.82 Å². The summed E-state index contributed by atoms with van der Waals surface area (Å²) in [6.45, 7) is 9.72. The van der Waals surface area contributed by atoms with E-state index in [1.165, 1.54) is 0 Å². The van der Waals surface area contributed by atoms with Crippen molar-refractivity contribution in [3.05, 3.63) is 87.0 Å². The van der Waals surface area contributed by atoms with E-state index in [2.05, 4.69) is 37.9 Å². The van der Waals surface area contributed by atoms with E-state index >= 15 is 0 Å². The standard InChI is InChI=1S/C33H38N8O3/c1-19(6-13-29(42)41-27-16-24(27)17-28(41)34-2)18-33(32-37-38-39-40(32)5)25-11-9-22(30(43)35-3)14-20(25)7-8-21-15-23(31(44)36-4)10-12-26(21)33/h9-12,14-15,19,24,27-28H,6-8,13,16-18H2,1,3-5H3,(H,35,43)(H,36,44)/t19-,24-,27-,28-/m0/s1. The second kappa shape index (κ2) is 11.5. The van der Waals surface area contributed by atoms with E-state index < -0.39 is 5.41 Å². The number of aryl methyl sites for hydroxylation is 3. The lowest BCUT2D eigenvalue weighted by molar-refractivity contribution is -0.132. The molecule has 6 rings (SSSR count). The van der Waals surface area contributed by atoms with Gasteiger partial charge in [-0.3, -0.25) is 24.1 Å². The van der Waals surface area contributed by atoms with Crippen LogP contribution >= 0.6 is 0 Å². The fourth-order valence-electron chi connectivity index (χ4n) is 7.58. The lowest BCUT2D eigenvalue weighted by Gasteiger charge is -2.37. The lowest BCUT2D eigenvalue weighted by Crippen LogP contribution is -2.38. The van der Waals surface area contributed by atoms with Gasteiger partial charge in [0.2, 0.25) is 5.91 Å². The monoisotopic (exact) mass is 594 g/mol. The van der Waals surface area contributed by atoms with Crippen molar-refractivity contribution in [1.82, 2.24) is 35.7 Å². The first-order valence-corrected chi connectivity index (χ1v) is 15.3. The molecular formula is C33H38N8O3. The molecule has 3 aliphatic rings. The maximum atomic E-state index is 13.4. The van der Waals surface area contributed by atoms with Gasteiger partial charge in [-0.05, 0) is 101 Å². The van der Waals surface area contributed by atoms with Crippen LogP contribution in [0, 0.1) is 18.4 Å². The number of likely N-dealkylation sites (tertiary alicyclic amines) is 1. The molecule has 11 nitrogen and oxygen atoms in total. The highest BCUT2D eigenvalue weighted by molar-refractivity contribution is 5.95. The minimum atomic E-state index is -0.807. The molecule has 0 unspecified atom stereocenters. The molecule has 0 radical (unpaired) electrons. The number of nitrogens with one attached hydrogen (secondary N) is 2. The molecule has 2 aromatic carbocycles. The summed E-state index contributed by atoms with van der Waals surface area (Å²) in [6.07, 6.45) is 4.42. The number of amides is 3. The van der Waals surface area contributed by atoms with Crippen LogP contribution in [0.1, 0.15) is 87.8 Å². The molecule has 2 N–H and O–H groups in total. The van der Waals surface area contributed by atoms with E-state index in [1.54, 1.807) is 18.8 Å². The van der Waals surface area contributed by atoms with Crippen LogP contribution in [0.25, 0.3) is 4.85 Å². The van der Waals surface area contributed by atoms with Crippen molar-refractivity contribution in [2.75, 3.05) is 14.1 Å². The summed E-state index contributed by atoms with van der Waals surface area (Å²) < 4.78 is 1.70. The fourth-order valence-corrected chi connectivity index (χ4v) is 7.58. The number of tetrazole rings is 1. The van der Waals surface area contributed by atoms with Crippen molar-refractivity contribution in [2.24, 2.45) is 18.9 Å². The third-order valence-electron chi connectivity index (χ3n) is 9.79. The molecular weight excluding hydrogens is 556 g/mol. The highest BCUT2D eigenvalue weighted by Gasteiger charge is 2.57. The predicted octanol–water partition coefficient (Wildman–Crippen LogP) is 3.03. The third-order valence-corrected chi connectivity index (χ3v) is 9.79. The fraction of sp³-hybridized carbons (Fsp3) is 0.485. The van der Waals surface area contributed by atoms with Gasteiger partial charge in [-0.1, -0.05) is 19.1 Å². The maximum absolute atomic E-state index is 13.4. The summed E-state index contributed by atoms with van der Waals surface area (Å²) in [5.41, 5.74) is 4.41. The Kier molecular flexibility index (Phi) is 7.70. The van der Waals surface area contributed by atoms with Gasteiger partial charge in [-0.2, -0.15) is 0 Å². The number of fused-ring (bicyclic) bond motifs is 3. The number of carbonyl (C=O) groups excluding carboxylic acids is 3. The van der Waals surface area contributed by atoms with Gasteiger partial charge in [0, 0.05) is 51.2 Å². The molecule has 4 atom stereocenters. The highest BCUT2D eigenvalue weighted by atomic mass is 16.2. The molecule has 1 saturated carbocycles. The Bertz CT molecular complexity index is 1610. The van der Waals surface area contributed by atoms with Gasteiger partial charge in [0.1, 0.15) is 0 Å². The molecule has 1 aliphatic heterocycles. The zero-order chi connectivity index (χ0) is 31.2. The first kappa shape index (κ1) is 29.5. The largest absolute Gasteiger partial charge is 0.355 e. The zero-order valence-corrected chi connectivity index (χ0v) is 25.6. The second-order valence-electron chi connectivity index (χ2n) is 12.5. The van der Waals surface area contributed by atoms with E-state index in [9.17, 15) is 14.4 Å². The Morgan fingerprint density at radius 1 is 1.02 bits per heavy atom. The molecule has 1 aromatic heterocycles. The minimum absolute atomic E-state index is 0.0596. The van der Waals surface area contributed by atoms with E-state index in [4.69, 9.17) is 6.57 Å². The van der Waals surface area contributed by atoms with Crippen molar-refractivity contribution in [3.63, 3.8) is 0 Å². The van der Waals surface area contributed by atoms with Crippen LogP contribution in [0.4, 0.5) is 0 Å². The summed E-state index contributed by atoms with van der Waals surface area (Å²) in [7, 11) is 5.07. The van der Waals surface area contributed by atoms with Crippen LogP contribution in [-0.2, 0) is 30.1 Å². The molecule has 11 heteroatoms. The van der Waals surface area contributed by atoms with E-state index in [0.717, 1.165) is 35.1 Å². The molecule has 0 bridgehead atoms. The van der Waals surface area contributed by atoms with Crippen LogP contribution < -0.4 is 10.6 Å². The number of carbonyl (C=O) groups is 3. The maximum Gasteiger partial charge on any atom is 0.301 e. The van der Waals surface area contributed by atoms with Crippen LogP contribution in [0.3, 0.4) is 0 Å².